The van der Waals surface area contributed by atoms with Crippen LogP contribution in [0.15, 0.2) is 0 Å². The highest BCUT2D eigenvalue weighted by atomic mass is 32.2. The zero-order chi connectivity index (χ0) is 12.1. The summed E-state index contributed by atoms with van der Waals surface area (Å²) in [5, 5.41) is 1.95. The highest BCUT2D eigenvalue weighted by Crippen LogP contribution is 2.28. The largest absolute Gasteiger partial charge is 0.326 e. The molecule has 0 saturated carbocycles. The molecule has 1 heterocycles. The number of nitrogens with zero attached hydrogens (tertiary/aromatic N) is 1. The van der Waals surface area contributed by atoms with Gasteiger partial charge in [-0.05, 0) is 12.3 Å². The van der Waals surface area contributed by atoms with Gasteiger partial charge >= 0.3 is 0 Å². The van der Waals surface area contributed by atoms with Crippen molar-refractivity contribution < 1.29 is 0 Å². The van der Waals surface area contributed by atoms with Crippen molar-refractivity contribution in [3.05, 3.63) is 15.6 Å². The second-order valence-electron chi connectivity index (χ2n) is 4.30. The van der Waals surface area contributed by atoms with Crippen molar-refractivity contribution in [2.24, 2.45) is 5.73 Å². The lowest BCUT2D eigenvalue weighted by Crippen LogP contribution is -1.99. The van der Waals surface area contributed by atoms with Gasteiger partial charge in [0.15, 0.2) is 0 Å². The lowest BCUT2D eigenvalue weighted by Gasteiger charge is -2.05. The van der Waals surface area contributed by atoms with Crippen molar-refractivity contribution in [1.29, 1.82) is 0 Å². The SMILES string of the molecule is CCC(C)SCc1nc(C(C)C)c(CN)s1. The molecule has 0 radical (unpaired) electrons. The van der Waals surface area contributed by atoms with Crippen LogP contribution in [0.5, 0.6) is 0 Å². The average Bonchev–Trinajstić information content (AvgIpc) is 2.69. The van der Waals surface area contributed by atoms with Crippen molar-refractivity contribution in [2.75, 3.05) is 0 Å². The van der Waals surface area contributed by atoms with Crippen LogP contribution in [-0.4, -0.2) is 10.2 Å². The molecule has 1 aromatic rings. The van der Waals surface area contributed by atoms with Gasteiger partial charge in [0, 0.05) is 22.4 Å². The Labute approximate surface area is 107 Å². The van der Waals surface area contributed by atoms with E-state index in [9.17, 15) is 0 Å². The van der Waals surface area contributed by atoms with Crippen LogP contribution in [0.2, 0.25) is 0 Å². The van der Waals surface area contributed by atoms with E-state index in [2.05, 4.69) is 27.7 Å². The lowest BCUT2D eigenvalue weighted by molar-refractivity contribution is 0.808. The Kier molecular flexibility index (Phi) is 5.79. The van der Waals surface area contributed by atoms with Gasteiger partial charge in [-0.15, -0.1) is 11.3 Å². The zero-order valence-corrected chi connectivity index (χ0v) is 12.3. The molecule has 0 aliphatic heterocycles. The number of nitrogens with two attached hydrogens (primary N) is 1. The second-order valence-corrected chi connectivity index (χ2v) is 6.90. The van der Waals surface area contributed by atoms with Gasteiger partial charge in [0.25, 0.3) is 0 Å². The van der Waals surface area contributed by atoms with E-state index in [-0.39, 0.29) is 0 Å². The minimum absolute atomic E-state index is 0.483. The molecular weight excluding hydrogens is 236 g/mol. The third-order valence-electron chi connectivity index (χ3n) is 2.57. The molecule has 0 fully saturated rings. The van der Waals surface area contributed by atoms with Gasteiger partial charge in [-0.25, -0.2) is 4.98 Å². The molecule has 1 atom stereocenters. The number of aromatic nitrogens is 1. The molecule has 0 amide bonds. The van der Waals surface area contributed by atoms with Crippen molar-refractivity contribution in [1.82, 2.24) is 4.98 Å². The van der Waals surface area contributed by atoms with Gasteiger partial charge < -0.3 is 5.73 Å². The Bertz CT molecular complexity index is 321. The monoisotopic (exact) mass is 258 g/mol. The molecule has 0 aromatic carbocycles. The van der Waals surface area contributed by atoms with Crippen molar-refractivity contribution >= 4 is 23.1 Å². The third kappa shape index (κ3) is 3.75. The maximum atomic E-state index is 5.75. The zero-order valence-electron chi connectivity index (χ0n) is 10.6. The molecule has 0 aliphatic rings. The fourth-order valence-corrected chi connectivity index (χ4v) is 3.47. The topological polar surface area (TPSA) is 38.9 Å². The van der Waals surface area contributed by atoms with Gasteiger partial charge in [0.2, 0.25) is 0 Å². The molecule has 2 nitrogen and oxygen atoms in total. The standard InChI is InChI=1S/C12H22N2S2/c1-5-9(4)15-7-11-14-12(8(2)3)10(6-13)16-11/h8-9H,5-7,13H2,1-4H3. The molecule has 0 spiro atoms. The molecule has 16 heavy (non-hydrogen) atoms. The average molecular weight is 258 g/mol. The fraction of sp³-hybridized carbons (Fsp3) is 0.750. The molecular formula is C12H22N2S2. The first-order valence-electron chi connectivity index (χ1n) is 5.88. The van der Waals surface area contributed by atoms with Crippen molar-refractivity contribution in [2.45, 2.75) is 57.6 Å². The summed E-state index contributed by atoms with van der Waals surface area (Å²) in [5.74, 6) is 1.51. The summed E-state index contributed by atoms with van der Waals surface area (Å²) in [4.78, 5) is 5.96. The van der Waals surface area contributed by atoms with Gasteiger partial charge in [-0.1, -0.05) is 27.7 Å². The number of rotatable bonds is 6. The van der Waals surface area contributed by atoms with Crippen LogP contribution in [0.1, 0.15) is 55.6 Å². The van der Waals surface area contributed by atoms with Crippen molar-refractivity contribution in [3.63, 3.8) is 0 Å². The van der Waals surface area contributed by atoms with E-state index in [1.807, 2.05) is 11.8 Å². The maximum Gasteiger partial charge on any atom is 0.103 e. The summed E-state index contributed by atoms with van der Waals surface area (Å²) in [6, 6.07) is 0. The normalized spacial score (nSPS) is 13.4. The summed E-state index contributed by atoms with van der Waals surface area (Å²) in [6.07, 6.45) is 1.22. The summed E-state index contributed by atoms with van der Waals surface area (Å²) < 4.78 is 0. The Morgan fingerprint density at radius 2 is 2.06 bits per heavy atom. The van der Waals surface area contributed by atoms with Crippen LogP contribution in [0.4, 0.5) is 0 Å². The predicted octanol–water partition coefficient (Wildman–Crippen LogP) is 3.76. The molecule has 0 saturated heterocycles. The smallest absolute Gasteiger partial charge is 0.103 e. The number of hydrogen-bond donors (Lipinski definition) is 1. The van der Waals surface area contributed by atoms with E-state index < -0.39 is 0 Å². The van der Waals surface area contributed by atoms with Gasteiger partial charge in [0.1, 0.15) is 5.01 Å². The quantitative estimate of drug-likeness (QED) is 0.844. The van der Waals surface area contributed by atoms with E-state index >= 15 is 0 Å². The highest BCUT2D eigenvalue weighted by molar-refractivity contribution is 7.99. The molecule has 1 rings (SSSR count). The van der Waals surface area contributed by atoms with E-state index in [0.717, 1.165) is 5.75 Å². The maximum absolute atomic E-state index is 5.75. The van der Waals surface area contributed by atoms with Crippen LogP contribution in [0.3, 0.4) is 0 Å². The summed E-state index contributed by atoms with van der Waals surface area (Å²) in [6.45, 7) is 9.48. The Balaban J connectivity index is 2.67. The van der Waals surface area contributed by atoms with Crippen LogP contribution >= 0.6 is 23.1 Å². The first-order valence-corrected chi connectivity index (χ1v) is 7.75. The molecule has 1 unspecified atom stereocenters. The molecule has 1 aromatic heterocycles. The van der Waals surface area contributed by atoms with Crippen molar-refractivity contribution in [3.8, 4) is 0 Å². The van der Waals surface area contributed by atoms with Crippen LogP contribution in [0.25, 0.3) is 0 Å². The lowest BCUT2D eigenvalue weighted by atomic mass is 10.1. The van der Waals surface area contributed by atoms with Crippen LogP contribution in [0, 0.1) is 0 Å². The van der Waals surface area contributed by atoms with Gasteiger partial charge in [0.05, 0.1) is 5.69 Å². The molecule has 92 valence electrons. The number of thioether (sulfide) groups is 1. The Morgan fingerprint density at radius 3 is 2.50 bits per heavy atom. The van der Waals surface area contributed by atoms with Gasteiger partial charge in [-0.3, -0.25) is 0 Å². The Morgan fingerprint density at radius 1 is 1.38 bits per heavy atom. The van der Waals surface area contributed by atoms with Gasteiger partial charge in [-0.2, -0.15) is 11.8 Å². The van der Waals surface area contributed by atoms with Crippen LogP contribution < -0.4 is 5.73 Å². The third-order valence-corrected chi connectivity index (χ3v) is 5.19. The molecule has 0 aliphatic carbocycles. The predicted molar refractivity (Wildman–Crippen MR) is 75.1 cm³/mol. The molecule has 2 N–H and O–H groups in total. The van der Waals surface area contributed by atoms with E-state index in [1.54, 1.807) is 11.3 Å². The summed E-state index contributed by atoms with van der Waals surface area (Å²) >= 11 is 3.76. The minimum atomic E-state index is 0.483. The number of thiazole rings is 1. The van der Waals surface area contributed by atoms with E-state index in [4.69, 9.17) is 10.7 Å². The first kappa shape index (κ1) is 14.0. The summed E-state index contributed by atoms with van der Waals surface area (Å²) in [5.41, 5.74) is 6.95. The molecule has 0 bridgehead atoms. The van der Waals surface area contributed by atoms with E-state index in [0.29, 0.717) is 17.7 Å². The fourth-order valence-electron chi connectivity index (χ4n) is 1.40. The Hall–Kier alpha value is -0.0600. The first-order chi connectivity index (χ1) is 7.58. The summed E-state index contributed by atoms with van der Waals surface area (Å²) in [7, 11) is 0. The van der Waals surface area contributed by atoms with Crippen LogP contribution in [-0.2, 0) is 12.3 Å². The number of hydrogen-bond acceptors (Lipinski definition) is 4. The van der Waals surface area contributed by atoms with E-state index in [1.165, 1.54) is 22.0 Å². The molecule has 4 heteroatoms. The highest BCUT2D eigenvalue weighted by Gasteiger charge is 2.13. The second kappa shape index (κ2) is 6.62. The minimum Gasteiger partial charge on any atom is -0.326 e.